The van der Waals surface area contributed by atoms with Crippen LogP contribution in [0, 0.1) is 17.8 Å². The number of alkyl carbamates (subject to hydrolysis) is 1. The Hall–Kier alpha value is -3.63. The SMILES string of the molecule is COc1ccc(COC(=O)NC[C@@H](C)C(=O)N[C@@H](Cc2ccccc2)[C@H](O)CN2C[C@H]3CCCC[C@H]3C[C@H]2C(=O)NC(C)(C)C)cc1. The van der Waals surface area contributed by atoms with E-state index >= 15 is 0 Å². The fourth-order valence-corrected chi connectivity index (χ4v) is 6.72. The van der Waals surface area contributed by atoms with Gasteiger partial charge in [0, 0.05) is 25.2 Å². The number of piperidine rings is 1. The molecule has 3 amide bonds. The molecule has 2 fully saturated rings. The Morgan fingerprint density at radius 3 is 2.32 bits per heavy atom. The first-order valence-corrected chi connectivity index (χ1v) is 17.0. The molecule has 10 nitrogen and oxygen atoms in total. The topological polar surface area (TPSA) is 129 Å². The lowest BCUT2D eigenvalue weighted by Crippen LogP contribution is -2.60. The summed E-state index contributed by atoms with van der Waals surface area (Å²) in [5.74, 6) is 0.881. The highest BCUT2D eigenvalue weighted by Gasteiger charge is 2.41. The predicted octanol–water partition coefficient (Wildman–Crippen LogP) is 4.44. The van der Waals surface area contributed by atoms with Crippen LogP contribution in [0.5, 0.6) is 5.75 Å². The molecule has 2 aromatic carbocycles. The number of carbonyl (C=O) groups excluding carboxylic acids is 3. The zero-order valence-corrected chi connectivity index (χ0v) is 28.7. The van der Waals surface area contributed by atoms with Crippen LogP contribution in [0.3, 0.4) is 0 Å². The number of methoxy groups -OCH3 is 1. The van der Waals surface area contributed by atoms with Crippen molar-refractivity contribution >= 4 is 17.9 Å². The molecule has 6 atom stereocenters. The first-order chi connectivity index (χ1) is 22.4. The van der Waals surface area contributed by atoms with Crippen LogP contribution in [0.1, 0.15) is 70.9 Å². The average molecular weight is 651 g/mol. The van der Waals surface area contributed by atoms with Crippen molar-refractivity contribution < 1.29 is 29.0 Å². The Morgan fingerprint density at radius 1 is 0.979 bits per heavy atom. The van der Waals surface area contributed by atoms with E-state index in [0.29, 0.717) is 24.0 Å². The fraction of sp³-hybridized carbons (Fsp3) is 0.595. The first-order valence-electron chi connectivity index (χ1n) is 17.0. The minimum atomic E-state index is -0.918. The number of aliphatic hydroxyl groups excluding tert-OH is 1. The molecule has 4 rings (SSSR count). The lowest BCUT2D eigenvalue weighted by atomic mass is 9.72. The van der Waals surface area contributed by atoms with Crippen LogP contribution in [0.25, 0.3) is 0 Å². The monoisotopic (exact) mass is 650 g/mol. The maximum absolute atomic E-state index is 13.5. The van der Waals surface area contributed by atoms with Gasteiger partial charge >= 0.3 is 6.09 Å². The summed E-state index contributed by atoms with van der Waals surface area (Å²) in [7, 11) is 1.59. The van der Waals surface area contributed by atoms with Gasteiger partial charge in [-0.05, 0) is 75.1 Å². The molecule has 4 N–H and O–H groups in total. The molecule has 0 radical (unpaired) electrons. The van der Waals surface area contributed by atoms with Crippen LogP contribution in [-0.2, 0) is 27.4 Å². The highest BCUT2D eigenvalue weighted by atomic mass is 16.5. The maximum atomic E-state index is 13.5. The third-order valence-corrected chi connectivity index (χ3v) is 9.34. The molecule has 0 unspecified atom stereocenters. The summed E-state index contributed by atoms with van der Waals surface area (Å²) in [6.45, 7) is 8.88. The van der Waals surface area contributed by atoms with Gasteiger partial charge in [0.05, 0.1) is 31.2 Å². The molecular weight excluding hydrogens is 596 g/mol. The van der Waals surface area contributed by atoms with Crippen molar-refractivity contribution in [3.8, 4) is 5.75 Å². The number of nitrogens with zero attached hydrogens (tertiary/aromatic N) is 1. The number of hydrogen-bond acceptors (Lipinski definition) is 7. The highest BCUT2D eigenvalue weighted by molar-refractivity contribution is 5.82. The smallest absolute Gasteiger partial charge is 0.407 e. The molecule has 0 spiro atoms. The number of aliphatic hydroxyl groups is 1. The van der Waals surface area contributed by atoms with E-state index in [1.54, 1.807) is 26.2 Å². The van der Waals surface area contributed by atoms with E-state index in [0.717, 1.165) is 36.9 Å². The molecule has 0 aromatic heterocycles. The summed E-state index contributed by atoms with van der Waals surface area (Å²) in [6.07, 6.45) is 4.37. The maximum Gasteiger partial charge on any atom is 0.407 e. The molecule has 258 valence electrons. The zero-order valence-electron chi connectivity index (χ0n) is 28.7. The van der Waals surface area contributed by atoms with Gasteiger partial charge in [-0.1, -0.05) is 68.7 Å². The second kappa shape index (κ2) is 17.0. The Morgan fingerprint density at radius 2 is 1.66 bits per heavy atom. The Kier molecular flexibility index (Phi) is 13.1. The lowest BCUT2D eigenvalue weighted by Gasteiger charge is -2.47. The molecule has 2 aromatic rings. The second-order valence-electron chi connectivity index (χ2n) is 14.3. The number of ether oxygens (including phenoxy) is 2. The lowest BCUT2D eigenvalue weighted by molar-refractivity contribution is -0.133. The fourth-order valence-electron chi connectivity index (χ4n) is 6.72. The molecule has 2 aliphatic rings. The van der Waals surface area contributed by atoms with Crippen LogP contribution in [0.15, 0.2) is 54.6 Å². The minimum absolute atomic E-state index is 0.00376. The Labute approximate surface area is 280 Å². The minimum Gasteiger partial charge on any atom is -0.497 e. The summed E-state index contributed by atoms with van der Waals surface area (Å²) in [5.41, 5.74) is 1.44. The number of amides is 3. The number of rotatable bonds is 13. The Bertz CT molecular complexity index is 1300. The quantitative estimate of drug-likeness (QED) is 0.252. The highest BCUT2D eigenvalue weighted by Crippen LogP contribution is 2.39. The van der Waals surface area contributed by atoms with E-state index in [-0.39, 0.29) is 43.1 Å². The van der Waals surface area contributed by atoms with Crippen molar-refractivity contribution in [1.82, 2.24) is 20.9 Å². The van der Waals surface area contributed by atoms with E-state index in [9.17, 15) is 19.5 Å². The van der Waals surface area contributed by atoms with Crippen LogP contribution in [0.2, 0.25) is 0 Å². The van der Waals surface area contributed by atoms with E-state index < -0.39 is 24.2 Å². The average Bonchev–Trinajstić information content (AvgIpc) is 3.05. The van der Waals surface area contributed by atoms with Crippen LogP contribution >= 0.6 is 0 Å². The first kappa shape index (κ1) is 36.2. The number of fused-ring (bicyclic) bond motifs is 1. The Balaban J connectivity index is 1.38. The molecule has 10 heteroatoms. The number of β-amino-alcohol motifs (C(OH)–C–C–N with tert-alkyl or cyclic N) is 1. The van der Waals surface area contributed by atoms with Gasteiger partial charge in [-0.2, -0.15) is 0 Å². The van der Waals surface area contributed by atoms with Gasteiger partial charge < -0.3 is 30.5 Å². The summed E-state index contributed by atoms with van der Waals surface area (Å²) < 4.78 is 10.5. The van der Waals surface area contributed by atoms with Gasteiger partial charge in [0.25, 0.3) is 0 Å². The van der Waals surface area contributed by atoms with Gasteiger partial charge in [0.2, 0.25) is 11.8 Å². The largest absolute Gasteiger partial charge is 0.497 e. The molecule has 47 heavy (non-hydrogen) atoms. The predicted molar refractivity (Wildman–Crippen MR) is 182 cm³/mol. The van der Waals surface area contributed by atoms with Crippen LogP contribution in [-0.4, -0.2) is 78.4 Å². The van der Waals surface area contributed by atoms with Crippen molar-refractivity contribution in [3.05, 3.63) is 65.7 Å². The molecule has 1 aliphatic heterocycles. The van der Waals surface area contributed by atoms with Gasteiger partial charge in [-0.25, -0.2) is 4.79 Å². The third-order valence-electron chi connectivity index (χ3n) is 9.34. The number of benzene rings is 2. The van der Waals surface area contributed by atoms with Crippen molar-refractivity contribution in [2.45, 2.75) is 96.6 Å². The zero-order chi connectivity index (χ0) is 34.0. The van der Waals surface area contributed by atoms with Crippen molar-refractivity contribution in [3.63, 3.8) is 0 Å². The van der Waals surface area contributed by atoms with E-state index in [1.807, 2.05) is 63.2 Å². The molecule has 1 saturated heterocycles. The van der Waals surface area contributed by atoms with E-state index in [2.05, 4.69) is 20.9 Å². The number of likely N-dealkylation sites (tertiary alicyclic amines) is 1. The molecule has 1 saturated carbocycles. The summed E-state index contributed by atoms with van der Waals surface area (Å²) in [5, 5.41) is 20.6. The summed E-state index contributed by atoms with van der Waals surface area (Å²) in [4.78, 5) is 41.4. The van der Waals surface area contributed by atoms with Crippen LogP contribution in [0.4, 0.5) is 4.79 Å². The standard InChI is InChI=1S/C37H54N4O6/c1-25(21-38-36(45)47-24-27-15-17-30(46-5)18-16-27)34(43)39-31(19-26-11-7-6-8-12-26)33(42)23-41-22-29-14-10-9-13-28(29)20-32(41)35(44)40-37(2,3)4/h6-8,11-12,15-18,25,28-29,31-33,42H,9-10,13-14,19-24H2,1-5H3,(H,38,45)(H,39,43)(H,40,44)/t25-,28+,29-,31+,32+,33-/m1/s1. The summed E-state index contributed by atoms with van der Waals surface area (Å²) >= 11 is 0. The normalized spacial score (nSPS) is 21.8. The van der Waals surface area contributed by atoms with Crippen molar-refractivity contribution in [2.75, 3.05) is 26.7 Å². The molecule has 0 bridgehead atoms. The van der Waals surface area contributed by atoms with Gasteiger partial charge in [-0.3, -0.25) is 14.5 Å². The second-order valence-corrected chi connectivity index (χ2v) is 14.3. The number of nitrogens with one attached hydrogen (secondary N) is 3. The number of hydrogen-bond donors (Lipinski definition) is 4. The van der Waals surface area contributed by atoms with Crippen LogP contribution < -0.4 is 20.7 Å². The van der Waals surface area contributed by atoms with Gasteiger partial charge in [0.1, 0.15) is 12.4 Å². The van der Waals surface area contributed by atoms with E-state index in [1.165, 1.54) is 12.8 Å². The van der Waals surface area contributed by atoms with Crippen molar-refractivity contribution in [1.29, 1.82) is 0 Å². The van der Waals surface area contributed by atoms with Gasteiger partial charge in [0.15, 0.2) is 0 Å². The summed E-state index contributed by atoms with van der Waals surface area (Å²) in [6, 6.07) is 16.1. The van der Waals surface area contributed by atoms with E-state index in [4.69, 9.17) is 9.47 Å². The number of carbonyl (C=O) groups is 3. The molecular formula is C37H54N4O6. The van der Waals surface area contributed by atoms with Gasteiger partial charge in [-0.15, -0.1) is 0 Å². The van der Waals surface area contributed by atoms with Crippen molar-refractivity contribution in [2.24, 2.45) is 17.8 Å². The molecule has 1 aliphatic carbocycles. The third kappa shape index (κ3) is 11.2. The molecule has 1 heterocycles.